The number of nitrogens with zero attached hydrogens (tertiary/aromatic N) is 5. The normalized spacial score (nSPS) is 12.8. The second-order valence-corrected chi connectivity index (χ2v) is 9.36. The van der Waals surface area contributed by atoms with Crippen molar-refractivity contribution in [2.75, 3.05) is 51.8 Å². The van der Waals surface area contributed by atoms with E-state index in [1.807, 2.05) is 6.92 Å². The van der Waals surface area contributed by atoms with Crippen molar-refractivity contribution in [2.24, 2.45) is 0 Å². The fourth-order valence-corrected chi connectivity index (χ4v) is 4.46. The van der Waals surface area contributed by atoms with Crippen molar-refractivity contribution in [2.45, 2.75) is 26.9 Å². The van der Waals surface area contributed by atoms with Crippen LogP contribution in [0.5, 0.6) is 5.75 Å². The molecule has 214 valence electrons. The van der Waals surface area contributed by atoms with Gasteiger partial charge in [-0.2, -0.15) is 4.98 Å². The highest BCUT2D eigenvalue weighted by molar-refractivity contribution is 5.88. The summed E-state index contributed by atoms with van der Waals surface area (Å²) >= 11 is 0. The lowest BCUT2D eigenvalue weighted by Crippen LogP contribution is -2.48. The summed E-state index contributed by atoms with van der Waals surface area (Å²) < 4.78 is 39.3. The van der Waals surface area contributed by atoms with Crippen LogP contribution in [0.15, 0.2) is 34.9 Å². The van der Waals surface area contributed by atoms with E-state index < -0.39 is 5.82 Å². The van der Waals surface area contributed by atoms with Crippen LogP contribution in [0, 0.1) is 18.6 Å². The fourth-order valence-electron chi connectivity index (χ4n) is 4.46. The van der Waals surface area contributed by atoms with Crippen LogP contribution in [-0.4, -0.2) is 78.9 Å². The number of carbonyl (C=O) groups excluding carboxylic acids is 2. The molecule has 40 heavy (non-hydrogen) atoms. The van der Waals surface area contributed by atoms with Gasteiger partial charge in [-0.1, -0.05) is 18.1 Å². The van der Waals surface area contributed by atoms with Crippen LogP contribution in [-0.2, 0) is 22.7 Å². The molecule has 11 nitrogen and oxygen atoms in total. The third kappa shape index (κ3) is 6.72. The Balaban J connectivity index is 1.60. The maximum atomic E-state index is 15.2. The van der Waals surface area contributed by atoms with E-state index in [2.05, 4.69) is 20.8 Å². The number of ether oxygens (including phenoxy) is 1. The molecule has 1 aliphatic heterocycles. The number of likely N-dealkylation sites (N-methyl/N-ethyl adjacent to an activating group) is 2. The third-order valence-electron chi connectivity index (χ3n) is 6.55. The van der Waals surface area contributed by atoms with Crippen LogP contribution in [0.25, 0.3) is 11.4 Å². The molecule has 4 rings (SSSR count). The van der Waals surface area contributed by atoms with Gasteiger partial charge in [-0.3, -0.25) is 14.6 Å². The third-order valence-corrected chi connectivity index (χ3v) is 6.55. The number of carbonyl (C=O) groups is 2. The zero-order chi connectivity index (χ0) is 28.8. The number of amides is 2. The standard InChI is InChI=1S/C27H33F2N7O4/c1-5-30-8-9-31-24(37)15-35(16-25(38)34(3)36-13-18-6-7-21(28)10-20(18)14-36)23-12-19(11-22(29)26(23)39-4)27-32-17(2)40-33-27/h6-7,10-12,30H,5,8-9,13-16H2,1-4H3,(H,31,37). The Bertz CT molecular complexity index is 1370. The second kappa shape index (κ2) is 12.8. The summed E-state index contributed by atoms with van der Waals surface area (Å²) in [6.07, 6.45) is 0. The maximum absolute atomic E-state index is 15.2. The Hall–Kier alpha value is -4.10. The van der Waals surface area contributed by atoms with Crippen molar-refractivity contribution in [1.82, 2.24) is 30.8 Å². The Morgan fingerprint density at radius 3 is 2.60 bits per heavy atom. The van der Waals surface area contributed by atoms with Gasteiger partial charge in [0.15, 0.2) is 11.6 Å². The summed E-state index contributed by atoms with van der Waals surface area (Å²) in [5.74, 6) is -1.46. The molecule has 0 atom stereocenters. The van der Waals surface area contributed by atoms with Crippen molar-refractivity contribution in [3.8, 4) is 17.1 Å². The molecule has 0 unspecified atom stereocenters. The molecule has 1 aromatic heterocycles. The van der Waals surface area contributed by atoms with Gasteiger partial charge >= 0.3 is 0 Å². The molecule has 2 aromatic carbocycles. The highest BCUT2D eigenvalue weighted by Gasteiger charge is 2.29. The summed E-state index contributed by atoms with van der Waals surface area (Å²) in [7, 11) is 2.92. The summed E-state index contributed by atoms with van der Waals surface area (Å²) in [5.41, 5.74) is 2.18. The molecule has 0 aliphatic carbocycles. The molecule has 2 heterocycles. The predicted octanol–water partition coefficient (Wildman–Crippen LogP) is 2.25. The number of benzene rings is 2. The minimum atomic E-state index is -0.715. The number of hydrogen-bond acceptors (Lipinski definition) is 9. The Labute approximate surface area is 231 Å². The number of aryl methyl sites for hydroxylation is 1. The first-order valence-electron chi connectivity index (χ1n) is 12.9. The zero-order valence-electron chi connectivity index (χ0n) is 23.0. The van der Waals surface area contributed by atoms with Crippen LogP contribution in [0.4, 0.5) is 14.5 Å². The highest BCUT2D eigenvalue weighted by Crippen LogP contribution is 2.36. The van der Waals surface area contributed by atoms with Gasteiger partial charge in [0.2, 0.25) is 17.6 Å². The molecule has 3 aromatic rings. The topological polar surface area (TPSA) is 116 Å². The van der Waals surface area contributed by atoms with E-state index in [1.165, 1.54) is 35.2 Å². The SMILES string of the molecule is CCNCCNC(=O)CN(CC(=O)N(C)N1Cc2ccc(F)cc2C1)c1cc(-c2noc(C)n2)cc(F)c1OC. The first-order valence-corrected chi connectivity index (χ1v) is 12.9. The molecular weight excluding hydrogens is 524 g/mol. The van der Waals surface area contributed by atoms with Gasteiger partial charge in [-0.15, -0.1) is 0 Å². The first kappa shape index (κ1) is 28.9. The molecule has 0 spiro atoms. The van der Waals surface area contributed by atoms with Gasteiger partial charge in [0.1, 0.15) is 5.82 Å². The van der Waals surface area contributed by atoms with Crippen molar-refractivity contribution in [3.05, 3.63) is 59.0 Å². The second-order valence-electron chi connectivity index (χ2n) is 9.36. The number of hydrazine groups is 1. The number of hydrogen-bond donors (Lipinski definition) is 2. The van der Waals surface area contributed by atoms with Crippen molar-refractivity contribution in [1.29, 1.82) is 0 Å². The Kier molecular flexibility index (Phi) is 9.27. The number of aromatic nitrogens is 2. The van der Waals surface area contributed by atoms with Crippen molar-refractivity contribution >= 4 is 17.5 Å². The van der Waals surface area contributed by atoms with Gasteiger partial charge in [-0.05, 0) is 41.9 Å². The van der Waals surface area contributed by atoms with Crippen LogP contribution in [0.2, 0.25) is 0 Å². The largest absolute Gasteiger partial charge is 0.492 e. The number of nitrogens with one attached hydrogen (secondary N) is 2. The number of rotatable bonds is 12. The van der Waals surface area contributed by atoms with E-state index in [1.54, 1.807) is 31.1 Å². The summed E-state index contributed by atoms with van der Waals surface area (Å²) in [5, 5.41) is 13.0. The summed E-state index contributed by atoms with van der Waals surface area (Å²) in [6, 6.07) is 7.30. The smallest absolute Gasteiger partial charge is 0.256 e. The van der Waals surface area contributed by atoms with Crippen molar-refractivity contribution in [3.63, 3.8) is 0 Å². The lowest BCUT2D eigenvalue weighted by Gasteiger charge is -2.32. The van der Waals surface area contributed by atoms with E-state index in [0.29, 0.717) is 37.6 Å². The molecule has 2 N–H and O–H groups in total. The minimum Gasteiger partial charge on any atom is -0.492 e. The molecule has 0 saturated carbocycles. The fraction of sp³-hybridized carbons (Fsp3) is 0.407. The zero-order valence-corrected chi connectivity index (χ0v) is 23.0. The molecular formula is C27H33F2N7O4. The monoisotopic (exact) mass is 557 g/mol. The minimum absolute atomic E-state index is 0.135. The van der Waals surface area contributed by atoms with E-state index in [9.17, 15) is 14.0 Å². The average molecular weight is 558 g/mol. The van der Waals surface area contributed by atoms with Crippen LogP contribution < -0.4 is 20.3 Å². The number of methoxy groups -OCH3 is 1. The maximum Gasteiger partial charge on any atom is 0.256 e. The lowest BCUT2D eigenvalue weighted by molar-refractivity contribution is -0.145. The van der Waals surface area contributed by atoms with E-state index >= 15 is 4.39 Å². The van der Waals surface area contributed by atoms with Gasteiger partial charge < -0.3 is 24.8 Å². The highest BCUT2D eigenvalue weighted by atomic mass is 19.1. The number of anilines is 1. The van der Waals surface area contributed by atoms with Gasteiger partial charge in [-0.25, -0.2) is 13.8 Å². The molecule has 0 bridgehead atoms. The van der Waals surface area contributed by atoms with Crippen molar-refractivity contribution < 1.29 is 27.6 Å². The van der Waals surface area contributed by atoms with Crippen LogP contribution in [0.3, 0.4) is 0 Å². The van der Waals surface area contributed by atoms with Gasteiger partial charge in [0.05, 0.1) is 25.9 Å². The molecule has 2 amide bonds. The van der Waals surface area contributed by atoms with Gasteiger partial charge in [0.25, 0.3) is 5.91 Å². The molecule has 0 saturated heterocycles. The molecule has 0 fully saturated rings. The first-order chi connectivity index (χ1) is 19.2. The molecule has 0 radical (unpaired) electrons. The van der Waals surface area contributed by atoms with Crippen LogP contribution in [0.1, 0.15) is 23.9 Å². The quantitative estimate of drug-likeness (QED) is 0.324. The summed E-state index contributed by atoms with van der Waals surface area (Å²) in [4.78, 5) is 32.0. The number of halogens is 2. The predicted molar refractivity (Wildman–Crippen MR) is 143 cm³/mol. The average Bonchev–Trinajstić information content (AvgIpc) is 3.55. The lowest BCUT2D eigenvalue weighted by atomic mass is 10.1. The Morgan fingerprint density at radius 2 is 1.90 bits per heavy atom. The Morgan fingerprint density at radius 1 is 1.12 bits per heavy atom. The van der Waals surface area contributed by atoms with E-state index in [-0.39, 0.29) is 48.0 Å². The molecule has 1 aliphatic rings. The number of fused-ring (bicyclic) bond motifs is 1. The van der Waals surface area contributed by atoms with Crippen LogP contribution >= 0.6 is 0 Å². The van der Waals surface area contributed by atoms with Gasteiger partial charge in [0, 0.05) is 45.7 Å². The van der Waals surface area contributed by atoms with E-state index in [4.69, 9.17) is 9.26 Å². The van der Waals surface area contributed by atoms with E-state index in [0.717, 1.165) is 17.7 Å². The molecule has 13 heteroatoms. The summed E-state index contributed by atoms with van der Waals surface area (Å²) in [6.45, 7) is 5.54.